The molecule has 3 rings (SSSR count). The number of carbonyl (C=O) groups is 2. The van der Waals surface area contributed by atoms with Gasteiger partial charge in [-0.05, 0) is 60.5 Å². The van der Waals surface area contributed by atoms with Gasteiger partial charge >= 0.3 is 0 Å². The summed E-state index contributed by atoms with van der Waals surface area (Å²) in [7, 11) is 1.57. The third kappa shape index (κ3) is 8.10. The number of carbonyl (C=O) groups excluding carboxylic acids is 2. The van der Waals surface area contributed by atoms with E-state index in [0.717, 1.165) is 28.2 Å². The fraction of sp³-hybridized carbons (Fsp3) is 0.286. The highest BCUT2D eigenvalue weighted by atomic mass is 79.9. The van der Waals surface area contributed by atoms with E-state index in [2.05, 4.69) is 49.4 Å². The molecule has 0 aromatic heterocycles. The number of hydrogen-bond donors (Lipinski definition) is 2. The minimum absolute atomic E-state index is 0.328. The van der Waals surface area contributed by atoms with Gasteiger partial charge in [0.2, 0.25) is 0 Å². The maximum atomic E-state index is 13.1. The minimum Gasteiger partial charge on any atom is -0.493 e. The predicted octanol–water partition coefficient (Wildman–Crippen LogP) is 7.04. The summed E-state index contributed by atoms with van der Waals surface area (Å²) >= 11 is 6.79. The van der Waals surface area contributed by atoms with E-state index in [0.29, 0.717) is 34.8 Å². The van der Waals surface area contributed by atoms with E-state index in [9.17, 15) is 9.59 Å². The second-order valence-electron chi connectivity index (χ2n) is 8.22. The molecule has 0 bridgehead atoms. The van der Waals surface area contributed by atoms with Crippen LogP contribution in [0, 0.1) is 0 Å². The zero-order valence-electron chi connectivity index (χ0n) is 20.4. The van der Waals surface area contributed by atoms with E-state index in [1.165, 1.54) is 6.42 Å². The lowest BCUT2D eigenvalue weighted by atomic mass is 10.1. The number of amides is 2. The highest BCUT2D eigenvalue weighted by Gasteiger charge is 2.21. The van der Waals surface area contributed by atoms with Gasteiger partial charge < -0.3 is 20.1 Å². The predicted molar refractivity (Wildman–Crippen MR) is 149 cm³/mol. The molecular formula is C28H30Br2N2O4. The Bertz CT molecular complexity index is 1130. The van der Waals surface area contributed by atoms with Gasteiger partial charge in [-0.1, -0.05) is 76.2 Å². The number of methoxy groups -OCH3 is 1. The number of benzene rings is 3. The van der Waals surface area contributed by atoms with Gasteiger partial charge in [0.25, 0.3) is 11.8 Å². The van der Waals surface area contributed by atoms with Crippen molar-refractivity contribution in [3.8, 4) is 11.5 Å². The number of ether oxygens (including phenoxy) is 2. The van der Waals surface area contributed by atoms with E-state index in [1.807, 2.05) is 18.2 Å². The zero-order valence-corrected chi connectivity index (χ0v) is 23.5. The monoisotopic (exact) mass is 616 g/mol. The van der Waals surface area contributed by atoms with Gasteiger partial charge in [-0.15, -0.1) is 0 Å². The molecule has 0 aliphatic carbocycles. The van der Waals surface area contributed by atoms with Crippen molar-refractivity contribution in [1.29, 1.82) is 0 Å². The lowest BCUT2D eigenvalue weighted by Gasteiger charge is -2.22. The van der Waals surface area contributed by atoms with Crippen molar-refractivity contribution in [3.05, 3.63) is 92.4 Å². The van der Waals surface area contributed by atoms with E-state index in [1.54, 1.807) is 55.6 Å². The van der Waals surface area contributed by atoms with Crippen LogP contribution in [0.25, 0.3) is 0 Å². The van der Waals surface area contributed by atoms with Crippen LogP contribution in [0.5, 0.6) is 11.5 Å². The third-order valence-corrected chi connectivity index (χ3v) is 6.49. The largest absolute Gasteiger partial charge is 0.493 e. The maximum Gasteiger partial charge on any atom is 0.253 e. The molecule has 2 amide bonds. The first-order valence-corrected chi connectivity index (χ1v) is 13.4. The molecule has 0 spiro atoms. The summed E-state index contributed by atoms with van der Waals surface area (Å²) in [5.74, 6) is 0.492. The summed E-state index contributed by atoms with van der Waals surface area (Å²) in [4.78, 5) is 26.1. The summed E-state index contributed by atoms with van der Waals surface area (Å²) < 4.78 is 13.1. The number of rotatable bonds is 12. The van der Waals surface area contributed by atoms with Crippen LogP contribution in [0.4, 0.5) is 0 Å². The van der Waals surface area contributed by atoms with Crippen molar-refractivity contribution >= 4 is 43.7 Å². The molecule has 0 aliphatic rings. The molecule has 0 fully saturated rings. The van der Waals surface area contributed by atoms with Crippen LogP contribution in [-0.4, -0.2) is 25.5 Å². The lowest BCUT2D eigenvalue weighted by molar-refractivity contribution is 0.0883. The van der Waals surface area contributed by atoms with Gasteiger partial charge in [-0.2, -0.15) is 0 Å². The molecule has 190 valence electrons. The number of unbranched alkanes of at least 4 members (excludes halogenated alkanes) is 3. The zero-order chi connectivity index (χ0) is 25.9. The fourth-order valence-electron chi connectivity index (χ4n) is 3.58. The molecular weight excluding hydrogens is 588 g/mol. The van der Waals surface area contributed by atoms with E-state index in [4.69, 9.17) is 9.47 Å². The molecule has 0 saturated heterocycles. The molecule has 0 heterocycles. The Morgan fingerprint density at radius 1 is 0.806 bits per heavy atom. The van der Waals surface area contributed by atoms with E-state index >= 15 is 0 Å². The maximum absolute atomic E-state index is 13.1. The van der Waals surface area contributed by atoms with Gasteiger partial charge in [-0.25, -0.2) is 0 Å². The first-order valence-electron chi connectivity index (χ1n) is 11.8. The van der Waals surface area contributed by atoms with E-state index < -0.39 is 6.17 Å². The number of halogens is 2. The molecule has 0 saturated carbocycles. The normalized spacial score (nSPS) is 10.7. The molecule has 8 heteroatoms. The van der Waals surface area contributed by atoms with Crippen molar-refractivity contribution in [1.82, 2.24) is 10.6 Å². The van der Waals surface area contributed by atoms with Crippen LogP contribution in [0.15, 0.2) is 75.7 Å². The summed E-state index contributed by atoms with van der Waals surface area (Å²) in [6, 6.07) is 19.5. The average molecular weight is 618 g/mol. The Kier molecular flexibility index (Phi) is 10.8. The summed E-state index contributed by atoms with van der Waals surface area (Å²) in [5.41, 5.74) is 1.58. The summed E-state index contributed by atoms with van der Waals surface area (Å²) in [5, 5.41) is 5.86. The van der Waals surface area contributed by atoms with Crippen molar-refractivity contribution in [2.45, 2.75) is 38.8 Å². The molecule has 6 nitrogen and oxygen atoms in total. The fourth-order valence-corrected chi connectivity index (χ4v) is 4.38. The Hall–Kier alpha value is -2.84. The van der Waals surface area contributed by atoms with Crippen LogP contribution >= 0.6 is 31.9 Å². The highest BCUT2D eigenvalue weighted by Crippen LogP contribution is 2.30. The van der Waals surface area contributed by atoms with Gasteiger partial charge in [0, 0.05) is 20.1 Å². The topological polar surface area (TPSA) is 76.7 Å². The van der Waals surface area contributed by atoms with Crippen molar-refractivity contribution in [3.63, 3.8) is 0 Å². The molecule has 0 aliphatic heterocycles. The lowest BCUT2D eigenvalue weighted by Crippen LogP contribution is -2.41. The quantitative estimate of drug-likeness (QED) is 0.169. The van der Waals surface area contributed by atoms with Crippen molar-refractivity contribution in [2.24, 2.45) is 0 Å². The Morgan fingerprint density at radius 3 is 1.94 bits per heavy atom. The molecule has 3 aromatic rings. The third-order valence-electron chi connectivity index (χ3n) is 5.50. The van der Waals surface area contributed by atoms with Gasteiger partial charge in [0.05, 0.1) is 13.7 Å². The first kappa shape index (κ1) is 27.7. The molecule has 0 radical (unpaired) electrons. The smallest absolute Gasteiger partial charge is 0.253 e. The van der Waals surface area contributed by atoms with Crippen molar-refractivity contribution in [2.75, 3.05) is 13.7 Å². The van der Waals surface area contributed by atoms with Crippen LogP contribution in [0.3, 0.4) is 0 Å². The standard InChI is InChI=1S/C28H30Br2N2O4/c1-3-4-5-6-15-36-24-14-13-19(18-25(24)35-2)26(31-27(33)20-9-7-11-22(29)16-20)32-28(34)21-10-8-12-23(30)17-21/h7-14,16-18,26H,3-6,15H2,1-2H3,(H,31,33)(H,32,34). The van der Waals surface area contributed by atoms with Gasteiger partial charge in [0.15, 0.2) is 11.5 Å². The molecule has 0 atom stereocenters. The van der Waals surface area contributed by atoms with Gasteiger partial charge in [0.1, 0.15) is 6.17 Å². The van der Waals surface area contributed by atoms with Crippen LogP contribution < -0.4 is 20.1 Å². The SMILES string of the molecule is CCCCCCOc1ccc(C(NC(=O)c2cccc(Br)c2)NC(=O)c2cccc(Br)c2)cc1OC. The Morgan fingerprint density at radius 2 is 1.42 bits per heavy atom. The molecule has 2 N–H and O–H groups in total. The highest BCUT2D eigenvalue weighted by molar-refractivity contribution is 9.10. The second-order valence-corrected chi connectivity index (χ2v) is 10.1. The van der Waals surface area contributed by atoms with Crippen LogP contribution in [0.1, 0.15) is 65.1 Å². The summed E-state index contributed by atoms with van der Waals surface area (Å²) in [6.45, 7) is 2.77. The Labute approximate surface area is 229 Å². The van der Waals surface area contributed by atoms with Gasteiger partial charge in [-0.3, -0.25) is 9.59 Å². The summed E-state index contributed by atoms with van der Waals surface area (Å²) in [6.07, 6.45) is 3.61. The van der Waals surface area contributed by atoms with E-state index in [-0.39, 0.29) is 11.8 Å². The van der Waals surface area contributed by atoms with Crippen molar-refractivity contribution < 1.29 is 19.1 Å². The number of hydrogen-bond acceptors (Lipinski definition) is 4. The van der Waals surface area contributed by atoms with Crippen LogP contribution in [-0.2, 0) is 0 Å². The first-order chi connectivity index (χ1) is 17.4. The second kappa shape index (κ2) is 14.0. The minimum atomic E-state index is -0.810. The van der Waals surface area contributed by atoms with Crippen LogP contribution in [0.2, 0.25) is 0 Å². The number of nitrogens with one attached hydrogen (secondary N) is 2. The molecule has 36 heavy (non-hydrogen) atoms. The average Bonchev–Trinajstić information content (AvgIpc) is 2.88. The molecule has 0 unspecified atom stereocenters. The Balaban J connectivity index is 1.84. The molecule has 3 aromatic carbocycles.